The van der Waals surface area contributed by atoms with Crippen LogP contribution in [0, 0.1) is 5.92 Å². The molecule has 0 spiro atoms. The highest BCUT2D eigenvalue weighted by atomic mass is 16.5. The van der Waals surface area contributed by atoms with E-state index >= 15 is 0 Å². The van der Waals surface area contributed by atoms with E-state index in [9.17, 15) is 14.4 Å². The van der Waals surface area contributed by atoms with Crippen LogP contribution in [0.2, 0.25) is 0 Å². The van der Waals surface area contributed by atoms with Gasteiger partial charge in [-0.25, -0.2) is 4.79 Å². The molecule has 1 fully saturated rings. The van der Waals surface area contributed by atoms with Crippen molar-refractivity contribution in [2.45, 2.75) is 26.3 Å². The SMILES string of the molecule is CCOc1ccccc1NC(=O)CC1C(=O)NC(=O)NC1C. The number of amides is 4. The monoisotopic (exact) mass is 305 g/mol. The molecule has 0 saturated carbocycles. The first kappa shape index (κ1) is 15.8. The summed E-state index contributed by atoms with van der Waals surface area (Å²) < 4.78 is 5.43. The standard InChI is InChI=1S/C15H19N3O4/c1-3-22-12-7-5-4-6-11(12)17-13(19)8-10-9(2)16-15(21)18-14(10)20/h4-7,9-10H,3,8H2,1-2H3,(H,17,19)(H2,16,18,20,21). The first-order valence-electron chi connectivity index (χ1n) is 7.14. The molecule has 3 N–H and O–H groups in total. The molecule has 4 amide bonds. The maximum absolute atomic E-state index is 12.2. The van der Waals surface area contributed by atoms with Gasteiger partial charge in [0, 0.05) is 12.5 Å². The molecule has 7 nitrogen and oxygen atoms in total. The van der Waals surface area contributed by atoms with Crippen LogP contribution in [0.1, 0.15) is 20.3 Å². The van der Waals surface area contributed by atoms with E-state index in [1.54, 1.807) is 25.1 Å². The second-order valence-corrected chi connectivity index (χ2v) is 5.04. The summed E-state index contributed by atoms with van der Waals surface area (Å²) in [5.41, 5.74) is 0.558. The van der Waals surface area contributed by atoms with Crippen molar-refractivity contribution < 1.29 is 19.1 Å². The van der Waals surface area contributed by atoms with Crippen molar-refractivity contribution in [1.29, 1.82) is 0 Å². The van der Waals surface area contributed by atoms with Crippen molar-refractivity contribution in [3.63, 3.8) is 0 Å². The van der Waals surface area contributed by atoms with E-state index in [0.29, 0.717) is 18.0 Å². The van der Waals surface area contributed by atoms with Gasteiger partial charge in [0.25, 0.3) is 0 Å². The molecule has 1 aromatic rings. The fraction of sp³-hybridized carbons (Fsp3) is 0.400. The highest BCUT2D eigenvalue weighted by molar-refractivity contribution is 6.01. The van der Waals surface area contributed by atoms with E-state index in [0.717, 1.165) is 0 Å². The summed E-state index contributed by atoms with van der Waals surface area (Å²) in [4.78, 5) is 35.1. The third-order valence-electron chi connectivity index (χ3n) is 3.40. The average Bonchev–Trinajstić information content (AvgIpc) is 2.45. The normalized spacial score (nSPS) is 20.8. The van der Waals surface area contributed by atoms with Gasteiger partial charge in [-0.15, -0.1) is 0 Å². The Morgan fingerprint density at radius 2 is 2.05 bits per heavy atom. The lowest BCUT2D eigenvalue weighted by atomic mass is 9.94. The van der Waals surface area contributed by atoms with Gasteiger partial charge in [-0.3, -0.25) is 14.9 Å². The summed E-state index contributed by atoms with van der Waals surface area (Å²) >= 11 is 0. The van der Waals surface area contributed by atoms with Crippen LogP contribution < -0.4 is 20.7 Å². The average molecular weight is 305 g/mol. The number of hydrogen-bond donors (Lipinski definition) is 3. The van der Waals surface area contributed by atoms with Crippen LogP contribution in [-0.2, 0) is 9.59 Å². The van der Waals surface area contributed by atoms with Crippen LogP contribution in [0.3, 0.4) is 0 Å². The number of ether oxygens (including phenoxy) is 1. The first-order chi connectivity index (χ1) is 10.5. The summed E-state index contributed by atoms with van der Waals surface area (Å²) in [6.45, 7) is 4.04. The van der Waals surface area contributed by atoms with Crippen LogP contribution >= 0.6 is 0 Å². The topological polar surface area (TPSA) is 96.5 Å². The first-order valence-corrected chi connectivity index (χ1v) is 7.14. The number of nitrogens with one attached hydrogen (secondary N) is 3. The minimum atomic E-state index is -0.600. The van der Waals surface area contributed by atoms with E-state index < -0.39 is 23.9 Å². The number of para-hydroxylation sites is 2. The van der Waals surface area contributed by atoms with Gasteiger partial charge < -0.3 is 15.4 Å². The number of urea groups is 1. The predicted molar refractivity (Wildman–Crippen MR) is 80.5 cm³/mol. The molecule has 22 heavy (non-hydrogen) atoms. The lowest BCUT2D eigenvalue weighted by Crippen LogP contribution is -2.57. The molecule has 0 bridgehead atoms. The Hall–Kier alpha value is -2.57. The molecule has 0 aliphatic carbocycles. The van der Waals surface area contributed by atoms with Crippen molar-refractivity contribution in [2.24, 2.45) is 5.92 Å². The Kier molecular flexibility index (Phi) is 4.98. The number of benzene rings is 1. The quantitative estimate of drug-likeness (QED) is 0.763. The Morgan fingerprint density at radius 3 is 2.73 bits per heavy atom. The maximum Gasteiger partial charge on any atom is 0.321 e. The molecule has 2 atom stereocenters. The lowest BCUT2D eigenvalue weighted by molar-refractivity contribution is -0.129. The number of imide groups is 1. The lowest BCUT2D eigenvalue weighted by Gasteiger charge is -2.28. The Morgan fingerprint density at radius 1 is 1.32 bits per heavy atom. The highest BCUT2D eigenvalue weighted by Gasteiger charge is 2.34. The highest BCUT2D eigenvalue weighted by Crippen LogP contribution is 2.24. The third kappa shape index (κ3) is 3.75. The van der Waals surface area contributed by atoms with Crippen LogP contribution in [-0.4, -0.2) is 30.5 Å². The van der Waals surface area contributed by atoms with Gasteiger partial charge in [0.2, 0.25) is 11.8 Å². The fourth-order valence-corrected chi connectivity index (χ4v) is 2.30. The Labute approximate surface area is 128 Å². The van der Waals surface area contributed by atoms with Crippen molar-refractivity contribution in [3.8, 4) is 5.75 Å². The van der Waals surface area contributed by atoms with Gasteiger partial charge in [-0.1, -0.05) is 12.1 Å². The number of hydrogen-bond acceptors (Lipinski definition) is 4. The summed E-state index contributed by atoms with van der Waals surface area (Å²) in [7, 11) is 0. The number of anilines is 1. The van der Waals surface area contributed by atoms with Gasteiger partial charge in [-0.2, -0.15) is 0 Å². The van der Waals surface area contributed by atoms with Gasteiger partial charge in [0.15, 0.2) is 0 Å². The smallest absolute Gasteiger partial charge is 0.321 e. The van der Waals surface area contributed by atoms with Crippen LogP contribution in [0.5, 0.6) is 5.75 Å². The molecule has 1 saturated heterocycles. The molecule has 7 heteroatoms. The van der Waals surface area contributed by atoms with Crippen LogP contribution in [0.25, 0.3) is 0 Å². The summed E-state index contributed by atoms with van der Waals surface area (Å²) in [5.74, 6) is -0.774. The fourth-order valence-electron chi connectivity index (χ4n) is 2.30. The van der Waals surface area contributed by atoms with Crippen LogP contribution in [0.15, 0.2) is 24.3 Å². The van der Waals surface area contributed by atoms with Crippen molar-refractivity contribution in [1.82, 2.24) is 10.6 Å². The molecule has 1 aliphatic heterocycles. The molecule has 2 unspecified atom stereocenters. The number of carbonyl (C=O) groups is 3. The Bertz CT molecular complexity index is 588. The second kappa shape index (κ2) is 6.93. The molecule has 1 aliphatic rings. The molecule has 1 heterocycles. The summed E-state index contributed by atoms with van der Waals surface area (Å²) in [5, 5.41) is 7.49. The Balaban J connectivity index is 2.01. The number of carbonyl (C=O) groups excluding carboxylic acids is 3. The minimum absolute atomic E-state index is 0.0201. The minimum Gasteiger partial charge on any atom is -0.492 e. The van der Waals surface area contributed by atoms with E-state index in [4.69, 9.17) is 4.74 Å². The summed E-state index contributed by atoms with van der Waals surface area (Å²) in [6.07, 6.45) is -0.0201. The van der Waals surface area contributed by atoms with Gasteiger partial charge in [0.05, 0.1) is 18.2 Å². The molecule has 2 rings (SSSR count). The van der Waals surface area contributed by atoms with E-state index in [1.807, 2.05) is 13.0 Å². The second-order valence-electron chi connectivity index (χ2n) is 5.04. The number of rotatable bonds is 5. The molecule has 1 aromatic carbocycles. The van der Waals surface area contributed by atoms with Gasteiger partial charge >= 0.3 is 6.03 Å². The van der Waals surface area contributed by atoms with E-state index in [1.165, 1.54) is 0 Å². The maximum atomic E-state index is 12.2. The zero-order chi connectivity index (χ0) is 16.1. The molecular formula is C15H19N3O4. The third-order valence-corrected chi connectivity index (χ3v) is 3.40. The molecule has 0 aromatic heterocycles. The predicted octanol–water partition coefficient (Wildman–Crippen LogP) is 1.26. The zero-order valence-corrected chi connectivity index (χ0v) is 12.5. The van der Waals surface area contributed by atoms with Crippen molar-refractivity contribution in [3.05, 3.63) is 24.3 Å². The molecular weight excluding hydrogens is 286 g/mol. The van der Waals surface area contributed by atoms with E-state index in [2.05, 4.69) is 16.0 Å². The molecule has 118 valence electrons. The summed E-state index contributed by atoms with van der Waals surface area (Å²) in [6, 6.07) is 6.16. The van der Waals surface area contributed by atoms with Gasteiger partial charge in [0.1, 0.15) is 5.75 Å². The van der Waals surface area contributed by atoms with Crippen molar-refractivity contribution >= 4 is 23.5 Å². The molecule has 0 radical (unpaired) electrons. The van der Waals surface area contributed by atoms with Gasteiger partial charge in [-0.05, 0) is 26.0 Å². The zero-order valence-electron chi connectivity index (χ0n) is 12.5. The largest absolute Gasteiger partial charge is 0.492 e. The van der Waals surface area contributed by atoms with E-state index in [-0.39, 0.29) is 12.3 Å². The van der Waals surface area contributed by atoms with Crippen LogP contribution in [0.4, 0.5) is 10.5 Å². The van der Waals surface area contributed by atoms with Crippen molar-refractivity contribution in [2.75, 3.05) is 11.9 Å².